The quantitative estimate of drug-likeness (QED) is 0.731. The predicted molar refractivity (Wildman–Crippen MR) is 88.3 cm³/mol. The van der Waals surface area contributed by atoms with Crippen LogP contribution in [0.3, 0.4) is 0 Å². The predicted octanol–water partition coefficient (Wildman–Crippen LogP) is 4.81. The Labute approximate surface area is 132 Å². The van der Waals surface area contributed by atoms with E-state index in [9.17, 15) is 4.79 Å². The van der Waals surface area contributed by atoms with Crippen LogP contribution in [0.15, 0.2) is 18.2 Å². The van der Waals surface area contributed by atoms with Crippen molar-refractivity contribution in [3.05, 3.63) is 28.8 Å². The van der Waals surface area contributed by atoms with Crippen molar-refractivity contribution in [1.82, 2.24) is 0 Å². The Morgan fingerprint density at radius 1 is 1.19 bits per heavy atom. The minimum atomic E-state index is 0.128. The number of carbonyl (C=O) groups excluding carboxylic acids is 1. The summed E-state index contributed by atoms with van der Waals surface area (Å²) in [6, 6.07) is 5.67. The SMILES string of the molecule is CC(=O)c1ccc(Cl)cc1N1CC2CCCCC(C1)C2C. The average Bonchev–Trinajstić information content (AvgIpc) is 2.56. The molecule has 1 aliphatic carbocycles. The van der Waals surface area contributed by atoms with Crippen molar-refractivity contribution in [2.45, 2.75) is 39.5 Å². The summed E-state index contributed by atoms with van der Waals surface area (Å²) in [6.45, 7) is 6.20. The highest BCUT2D eigenvalue weighted by molar-refractivity contribution is 6.31. The Bertz CT molecular complexity index is 526. The van der Waals surface area contributed by atoms with E-state index in [1.807, 2.05) is 18.2 Å². The molecule has 3 rings (SSSR count). The van der Waals surface area contributed by atoms with Crippen LogP contribution in [0, 0.1) is 17.8 Å². The number of benzene rings is 1. The van der Waals surface area contributed by atoms with Crippen LogP contribution in [0.1, 0.15) is 49.9 Å². The van der Waals surface area contributed by atoms with Crippen LogP contribution in [-0.2, 0) is 0 Å². The van der Waals surface area contributed by atoms with Crippen LogP contribution in [-0.4, -0.2) is 18.9 Å². The van der Waals surface area contributed by atoms with E-state index in [-0.39, 0.29) is 5.78 Å². The lowest BCUT2D eigenvalue weighted by Crippen LogP contribution is -2.45. The topological polar surface area (TPSA) is 20.3 Å². The molecule has 1 saturated heterocycles. The molecule has 0 radical (unpaired) electrons. The molecule has 1 heterocycles. The molecule has 1 saturated carbocycles. The molecule has 2 bridgehead atoms. The van der Waals surface area contributed by atoms with Crippen molar-refractivity contribution < 1.29 is 4.79 Å². The Morgan fingerprint density at radius 3 is 2.38 bits per heavy atom. The summed E-state index contributed by atoms with van der Waals surface area (Å²) < 4.78 is 0. The largest absolute Gasteiger partial charge is 0.370 e. The van der Waals surface area contributed by atoms with E-state index in [0.717, 1.165) is 47.1 Å². The first-order chi connectivity index (χ1) is 10.1. The van der Waals surface area contributed by atoms with E-state index >= 15 is 0 Å². The second-order valence-electron chi connectivity index (χ2n) is 6.79. The first-order valence-electron chi connectivity index (χ1n) is 8.11. The summed E-state index contributed by atoms with van der Waals surface area (Å²) in [5, 5.41) is 0.719. The average molecular weight is 306 g/mol. The van der Waals surface area contributed by atoms with Gasteiger partial charge in [0.15, 0.2) is 5.78 Å². The van der Waals surface area contributed by atoms with Gasteiger partial charge in [0.2, 0.25) is 0 Å². The maximum absolute atomic E-state index is 11.9. The number of rotatable bonds is 2. The van der Waals surface area contributed by atoms with Gasteiger partial charge in [-0.15, -0.1) is 0 Å². The molecule has 0 amide bonds. The van der Waals surface area contributed by atoms with Crippen molar-refractivity contribution in [3.8, 4) is 0 Å². The van der Waals surface area contributed by atoms with Gasteiger partial charge in [0.05, 0.1) is 0 Å². The highest BCUT2D eigenvalue weighted by Gasteiger charge is 2.36. The Balaban J connectivity index is 1.94. The normalized spacial score (nSPS) is 29.1. The van der Waals surface area contributed by atoms with Crippen LogP contribution in [0.4, 0.5) is 5.69 Å². The van der Waals surface area contributed by atoms with E-state index in [4.69, 9.17) is 11.6 Å². The van der Waals surface area contributed by atoms with E-state index in [1.165, 1.54) is 25.7 Å². The zero-order valence-corrected chi connectivity index (χ0v) is 13.7. The second-order valence-corrected chi connectivity index (χ2v) is 7.22. The Kier molecular flexibility index (Phi) is 4.26. The van der Waals surface area contributed by atoms with E-state index < -0.39 is 0 Å². The van der Waals surface area contributed by atoms with Gasteiger partial charge in [-0.1, -0.05) is 31.4 Å². The lowest BCUT2D eigenvalue weighted by Gasteiger charge is -2.43. The molecule has 0 spiro atoms. The van der Waals surface area contributed by atoms with Crippen LogP contribution >= 0.6 is 11.6 Å². The number of fused-ring (bicyclic) bond motifs is 2. The summed E-state index contributed by atoms with van der Waals surface area (Å²) >= 11 is 6.18. The number of halogens is 1. The number of nitrogens with zero attached hydrogens (tertiary/aromatic N) is 1. The second kappa shape index (κ2) is 6.00. The molecule has 1 aromatic rings. The maximum atomic E-state index is 11.9. The molecule has 2 unspecified atom stereocenters. The minimum absolute atomic E-state index is 0.128. The van der Waals surface area contributed by atoms with Gasteiger partial charge >= 0.3 is 0 Å². The van der Waals surface area contributed by atoms with Gasteiger partial charge in [-0.05, 0) is 55.7 Å². The van der Waals surface area contributed by atoms with Crippen LogP contribution in [0.25, 0.3) is 0 Å². The van der Waals surface area contributed by atoms with Gasteiger partial charge in [-0.3, -0.25) is 4.79 Å². The summed E-state index contributed by atoms with van der Waals surface area (Å²) in [4.78, 5) is 14.3. The van der Waals surface area contributed by atoms with E-state index in [1.54, 1.807) is 6.92 Å². The van der Waals surface area contributed by atoms with Crippen molar-refractivity contribution in [1.29, 1.82) is 0 Å². The number of hydrogen-bond donors (Lipinski definition) is 0. The van der Waals surface area contributed by atoms with Crippen molar-refractivity contribution >= 4 is 23.1 Å². The molecule has 2 atom stereocenters. The van der Waals surface area contributed by atoms with Gasteiger partial charge in [0.25, 0.3) is 0 Å². The smallest absolute Gasteiger partial charge is 0.161 e. The fraction of sp³-hybridized carbons (Fsp3) is 0.611. The molecule has 3 heteroatoms. The lowest BCUT2D eigenvalue weighted by molar-refractivity contribution is 0.101. The fourth-order valence-corrected chi connectivity index (χ4v) is 4.31. The molecule has 0 aromatic heterocycles. The Hall–Kier alpha value is -1.02. The maximum Gasteiger partial charge on any atom is 0.161 e. The zero-order valence-electron chi connectivity index (χ0n) is 12.9. The fourth-order valence-electron chi connectivity index (χ4n) is 4.14. The van der Waals surface area contributed by atoms with Crippen molar-refractivity contribution in [2.75, 3.05) is 18.0 Å². The molecule has 2 fully saturated rings. The minimum Gasteiger partial charge on any atom is -0.370 e. The number of hydrogen-bond acceptors (Lipinski definition) is 2. The highest BCUT2D eigenvalue weighted by atomic mass is 35.5. The molecular formula is C18H24ClNO. The standard InChI is InChI=1S/C18H24ClNO/c1-12-14-5-3-4-6-15(12)11-20(10-14)18-9-16(19)7-8-17(18)13(2)21/h7-9,12,14-15H,3-6,10-11H2,1-2H3. The van der Waals surface area contributed by atoms with Crippen LogP contribution in [0.5, 0.6) is 0 Å². The third-order valence-electron chi connectivity index (χ3n) is 5.48. The number of ketones is 1. The van der Waals surface area contributed by atoms with Crippen LogP contribution in [0.2, 0.25) is 5.02 Å². The van der Waals surface area contributed by atoms with Gasteiger partial charge in [-0.25, -0.2) is 0 Å². The molecule has 114 valence electrons. The lowest BCUT2D eigenvalue weighted by atomic mass is 9.78. The van der Waals surface area contributed by atoms with Crippen molar-refractivity contribution in [2.24, 2.45) is 17.8 Å². The van der Waals surface area contributed by atoms with Gasteiger partial charge in [0, 0.05) is 29.4 Å². The third-order valence-corrected chi connectivity index (χ3v) is 5.71. The summed E-state index contributed by atoms with van der Waals surface area (Å²) in [5.74, 6) is 2.45. The van der Waals surface area contributed by atoms with Gasteiger partial charge < -0.3 is 4.90 Å². The summed E-state index contributed by atoms with van der Waals surface area (Å²) in [5.41, 5.74) is 1.85. The molecule has 21 heavy (non-hydrogen) atoms. The molecule has 2 nitrogen and oxygen atoms in total. The van der Waals surface area contributed by atoms with Gasteiger partial charge in [0.1, 0.15) is 0 Å². The molecule has 0 N–H and O–H groups in total. The van der Waals surface area contributed by atoms with Crippen LogP contribution < -0.4 is 4.90 Å². The Morgan fingerprint density at radius 2 is 1.81 bits per heavy atom. The molecular weight excluding hydrogens is 282 g/mol. The first-order valence-corrected chi connectivity index (χ1v) is 8.49. The summed E-state index contributed by atoms with van der Waals surface area (Å²) in [6.07, 6.45) is 5.36. The molecule has 2 aliphatic rings. The number of Topliss-reactive ketones (excluding diaryl/α,β-unsaturated/α-hetero) is 1. The summed E-state index contributed by atoms with van der Waals surface area (Å²) in [7, 11) is 0. The zero-order chi connectivity index (χ0) is 15.0. The van der Waals surface area contributed by atoms with Crippen molar-refractivity contribution in [3.63, 3.8) is 0 Å². The number of anilines is 1. The third kappa shape index (κ3) is 2.96. The molecule has 1 aromatic carbocycles. The molecule has 1 aliphatic heterocycles. The van der Waals surface area contributed by atoms with E-state index in [0.29, 0.717) is 0 Å². The number of piperidine rings is 1. The highest BCUT2D eigenvalue weighted by Crippen LogP contribution is 2.40. The van der Waals surface area contributed by atoms with Gasteiger partial charge in [-0.2, -0.15) is 0 Å². The first kappa shape index (κ1) is 14.9. The monoisotopic (exact) mass is 305 g/mol. The number of carbonyl (C=O) groups is 1. The van der Waals surface area contributed by atoms with E-state index in [2.05, 4.69) is 11.8 Å².